The quantitative estimate of drug-likeness (QED) is 0.520. The maximum absolute atomic E-state index is 12.3. The molecular weight excluding hydrogens is 338 g/mol. The first-order chi connectivity index (χ1) is 12.0. The van der Waals surface area contributed by atoms with Gasteiger partial charge in [0.25, 0.3) is 0 Å². The summed E-state index contributed by atoms with van der Waals surface area (Å²) in [5, 5.41) is 1.65. The third kappa shape index (κ3) is 4.09. The van der Waals surface area contributed by atoms with Crippen molar-refractivity contribution in [3.05, 3.63) is 70.9 Å². The van der Waals surface area contributed by atoms with Gasteiger partial charge in [-0.25, -0.2) is 0 Å². The number of esters is 1. The standard InChI is InChI=1S/C20H18ClNO3/c1-13(20(24)14-6-9-16(21)10-7-14)25-19(23)11-8-15-12-22-18-5-3-2-4-17(15)18/h2-7,9-10,12-13,22H,8,11H2,1H3. The molecule has 1 atom stereocenters. The Hall–Kier alpha value is -2.59. The molecule has 1 unspecified atom stereocenters. The number of halogens is 1. The summed E-state index contributed by atoms with van der Waals surface area (Å²) in [5.74, 6) is -0.628. The second-order valence-electron chi connectivity index (χ2n) is 5.86. The first-order valence-electron chi connectivity index (χ1n) is 8.09. The van der Waals surface area contributed by atoms with Gasteiger partial charge in [-0.3, -0.25) is 9.59 Å². The molecule has 0 aliphatic heterocycles. The monoisotopic (exact) mass is 355 g/mol. The highest BCUT2D eigenvalue weighted by Crippen LogP contribution is 2.19. The molecule has 1 N–H and O–H groups in total. The zero-order valence-electron chi connectivity index (χ0n) is 13.8. The smallest absolute Gasteiger partial charge is 0.306 e. The molecule has 0 amide bonds. The Kier molecular flexibility index (Phi) is 5.19. The number of hydrogen-bond acceptors (Lipinski definition) is 3. The normalized spacial score (nSPS) is 12.1. The van der Waals surface area contributed by atoms with Crippen LogP contribution in [-0.4, -0.2) is 22.8 Å². The summed E-state index contributed by atoms with van der Waals surface area (Å²) in [6.07, 6.45) is 1.86. The number of ketones is 1. The van der Waals surface area contributed by atoms with Crippen molar-refractivity contribution >= 4 is 34.3 Å². The average Bonchev–Trinajstić information content (AvgIpc) is 3.03. The number of ether oxygens (including phenoxy) is 1. The van der Waals surface area contributed by atoms with Gasteiger partial charge in [0.2, 0.25) is 5.78 Å². The van der Waals surface area contributed by atoms with Crippen molar-refractivity contribution in [2.45, 2.75) is 25.9 Å². The summed E-state index contributed by atoms with van der Waals surface area (Å²) in [4.78, 5) is 27.5. The van der Waals surface area contributed by atoms with Gasteiger partial charge in [-0.2, -0.15) is 0 Å². The number of nitrogens with one attached hydrogen (secondary N) is 1. The van der Waals surface area contributed by atoms with E-state index in [-0.39, 0.29) is 18.2 Å². The number of rotatable bonds is 6. The van der Waals surface area contributed by atoms with E-state index in [2.05, 4.69) is 4.98 Å². The Morgan fingerprint density at radius 2 is 1.84 bits per heavy atom. The van der Waals surface area contributed by atoms with E-state index in [1.165, 1.54) is 0 Å². The van der Waals surface area contributed by atoms with Crippen LogP contribution in [0.3, 0.4) is 0 Å². The first kappa shape index (κ1) is 17.2. The number of fused-ring (bicyclic) bond motifs is 1. The van der Waals surface area contributed by atoms with Gasteiger partial charge in [0.15, 0.2) is 6.10 Å². The lowest BCUT2D eigenvalue weighted by atomic mass is 10.1. The van der Waals surface area contributed by atoms with Crippen LogP contribution in [0.5, 0.6) is 0 Å². The number of hydrogen-bond donors (Lipinski definition) is 1. The van der Waals surface area contributed by atoms with E-state index >= 15 is 0 Å². The highest BCUT2D eigenvalue weighted by atomic mass is 35.5. The molecule has 0 fully saturated rings. The number of H-pyrrole nitrogens is 1. The summed E-state index contributed by atoms with van der Waals surface area (Å²) in [6.45, 7) is 1.58. The molecule has 0 spiro atoms. The van der Waals surface area contributed by atoms with Crippen LogP contribution in [0.25, 0.3) is 10.9 Å². The molecule has 2 aromatic carbocycles. The second kappa shape index (κ2) is 7.53. The average molecular weight is 356 g/mol. The van der Waals surface area contributed by atoms with E-state index in [1.807, 2.05) is 30.5 Å². The Bertz CT molecular complexity index is 899. The Morgan fingerprint density at radius 1 is 1.12 bits per heavy atom. The zero-order chi connectivity index (χ0) is 17.8. The van der Waals surface area contributed by atoms with Gasteiger partial charge in [-0.05, 0) is 49.2 Å². The molecule has 4 nitrogen and oxygen atoms in total. The molecule has 128 valence electrons. The van der Waals surface area contributed by atoms with Crippen LogP contribution in [0.1, 0.15) is 29.3 Å². The van der Waals surface area contributed by atoms with Crippen molar-refractivity contribution in [2.24, 2.45) is 0 Å². The molecular formula is C20H18ClNO3. The van der Waals surface area contributed by atoms with E-state index in [1.54, 1.807) is 31.2 Å². The summed E-state index contributed by atoms with van der Waals surface area (Å²) in [6, 6.07) is 14.5. The van der Waals surface area contributed by atoms with Crippen molar-refractivity contribution in [2.75, 3.05) is 0 Å². The number of carbonyl (C=O) groups excluding carboxylic acids is 2. The lowest BCUT2D eigenvalue weighted by Crippen LogP contribution is -2.24. The van der Waals surface area contributed by atoms with E-state index in [4.69, 9.17) is 16.3 Å². The highest BCUT2D eigenvalue weighted by molar-refractivity contribution is 6.30. The summed E-state index contributed by atoms with van der Waals surface area (Å²) in [5.41, 5.74) is 2.57. The number of carbonyl (C=O) groups is 2. The van der Waals surface area contributed by atoms with Crippen LogP contribution in [0.4, 0.5) is 0 Å². The number of Topliss-reactive ketones (excluding diaryl/α,β-unsaturated/α-hetero) is 1. The molecule has 0 bridgehead atoms. The minimum atomic E-state index is -0.823. The van der Waals surface area contributed by atoms with Crippen LogP contribution in [-0.2, 0) is 16.0 Å². The summed E-state index contributed by atoms with van der Waals surface area (Å²) >= 11 is 5.81. The SMILES string of the molecule is CC(OC(=O)CCc1c[nH]c2ccccc12)C(=O)c1ccc(Cl)cc1. The van der Waals surface area contributed by atoms with Gasteiger partial charge in [0.1, 0.15) is 0 Å². The van der Waals surface area contributed by atoms with Crippen molar-refractivity contribution in [3.8, 4) is 0 Å². The van der Waals surface area contributed by atoms with Crippen LogP contribution in [0.15, 0.2) is 54.7 Å². The molecule has 0 aliphatic rings. The minimum absolute atomic E-state index is 0.222. The fourth-order valence-corrected chi connectivity index (χ4v) is 2.86. The highest BCUT2D eigenvalue weighted by Gasteiger charge is 2.19. The van der Waals surface area contributed by atoms with Gasteiger partial charge in [-0.15, -0.1) is 0 Å². The third-order valence-corrected chi connectivity index (χ3v) is 4.33. The fraction of sp³-hybridized carbons (Fsp3) is 0.200. The Balaban J connectivity index is 1.56. The molecule has 3 rings (SSSR count). The predicted molar refractivity (Wildman–Crippen MR) is 98.0 cm³/mol. The molecule has 0 aliphatic carbocycles. The molecule has 1 heterocycles. The van der Waals surface area contributed by atoms with E-state index in [9.17, 15) is 9.59 Å². The Labute approximate surface area is 150 Å². The largest absolute Gasteiger partial charge is 0.454 e. The topological polar surface area (TPSA) is 59.2 Å². The first-order valence-corrected chi connectivity index (χ1v) is 8.46. The van der Waals surface area contributed by atoms with Crippen molar-refractivity contribution in [1.29, 1.82) is 0 Å². The third-order valence-electron chi connectivity index (χ3n) is 4.08. The van der Waals surface area contributed by atoms with Gasteiger partial charge >= 0.3 is 5.97 Å². The maximum atomic E-state index is 12.3. The number of benzene rings is 2. The van der Waals surface area contributed by atoms with Gasteiger partial charge in [0.05, 0.1) is 0 Å². The van der Waals surface area contributed by atoms with Gasteiger partial charge in [-0.1, -0.05) is 29.8 Å². The number of aromatic nitrogens is 1. The fourth-order valence-electron chi connectivity index (χ4n) is 2.73. The molecule has 0 radical (unpaired) electrons. The summed E-state index contributed by atoms with van der Waals surface area (Å²) < 4.78 is 5.28. The van der Waals surface area contributed by atoms with Crippen LogP contribution < -0.4 is 0 Å². The van der Waals surface area contributed by atoms with Gasteiger partial charge in [0, 0.05) is 34.1 Å². The molecule has 5 heteroatoms. The molecule has 0 saturated carbocycles. The molecule has 1 aromatic heterocycles. The number of aromatic amines is 1. The van der Waals surface area contributed by atoms with Crippen LogP contribution >= 0.6 is 11.6 Å². The van der Waals surface area contributed by atoms with Crippen LogP contribution in [0.2, 0.25) is 5.02 Å². The summed E-state index contributed by atoms with van der Waals surface area (Å²) in [7, 11) is 0. The Morgan fingerprint density at radius 3 is 2.60 bits per heavy atom. The van der Waals surface area contributed by atoms with E-state index in [0.717, 1.165) is 16.5 Å². The van der Waals surface area contributed by atoms with Crippen molar-refractivity contribution in [1.82, 2.24) is 4.98 Å². The van der Waals surface area contributed by atoms with E-state index in [0.29, 0.717) is 17.0 Å². The van der Waals surface area contributed by atoms with Crippen molar-refractivity contribution < 1.29 is 14.3 Å². The van der Waals surface area contributed by atoms with Gasteiger partial charge < -0.3 is 9.72 Å². The second-order valence-corrected chi connectivity index (χ2v) is 6.30. The van der Waals surface area contributed by atoms with Crippen LogP contribution in [0, 0.1) is 0 Å². The van der Waals surface area contributed by atoms with E-state index < -0.39 is 6.10 Å². The van der Waals surface area contributed by atoms with Crippen molar-refractivity contribution in [3.63, 3.8) is 0 Å². The minimum Gasteiger partial charge on any atom is -0.454 e. The lowest BCUT2D eigenvalue weighted by molar-refractivity contribution is -0.146. The number of aryl methyl sites for hydroxylation is 1. The maximum Gasteiger partial charge on any atom is 0.306 e. The predicted octanol–water partition coefficient (Wildman–Crippen LogP) is 4.57. The molecule has 3 aromatic rings. The molecule has 0 saturated heterocycles. The lowest BCUT2D eigenvalue weighted by Gasteiger charge is -2.12. The zero-order valence-corrected chi connectivity index (χ0v) is 14.5. The molecule has 25 heavy (non-hydrogen) atoms. The number of para-hydroxylation sites is 1.